The topological polar surface area (TPSA) is 61.4 Å². The van der Waals surface area contributed by atoms with E-state index in [0.29, 0.717) is 19.5 Å². The van der Waals surface area contributed by atoms with Gasteiger partial charge in [-0.15, -0.1) is 0 Å². The van der Waals surface area contributed by atoms with Crippen LogP contribution in [-0.4, -0.2) is 49.4 Å². The lowest BCUT2D eigenvalue weighted by Gasteiger charge is -2.20. The van der Waals surface area contributed by atoms with E-state index in [1.165, 1.54) is 0 Å². The lowest BCUT2D eigenvalue weighted by atomic mass is 10.2. The van der Waals surface area contributed by atoms with Crippen LogP contribution in [0.15, 0.2) is 0 Å². The Bertz CT molecular complexity index is 190. The van der Waals surface area contributed by atoms with Crippen LogP contribution in [-0.2, 0) is 9.59 Å². The van der Waals surface area contributed by atoms with Crippen molar-refractivity contribution in [2.45, 2.75) is 13.0 Å². The van der Waals surface area contributed by atoms with Crippen LogP contribution in [0.3, 0.4) is 0 Å². The molecule has 0 bridgehead atoms. The quantitative estimate of drug-likeness (QED) is 0.415. The summed E-state index contributed by atoms with van der Waals surface area (Å²) in [5.74, 6) is -0.207. The summed E-state index contributed by atoms with van der Waals surface area (Å²) in [6, 6.07) is -0.630. The smallest absolute Gasteiger partial charge is 0.244 e. The van der Waals surface area contributed by atoms with Gasteiger partial charge in [0.1, 0.15) is 12.3 Å². The van der Waals surface area contributed by atoms with E-state index in [0.717, 1.165) is 13.1 Å². The SMILES string of the molecule is CCNC(=O)C(C=O)N1CCNC1. The zero-order valence-electron chi connectivity index (χ0n) is 7.75. The number of amides is 1. The fourth-order valence-corrected chi connectivity index (χ4v) is 1.35. The Balaban J connectivity index is 2.49. The van der Waals surface area contributed by atoms with Gasteiger partial charge in [-0.05, 0) is 6.92 Å². The number of aldehydes is 1. The number of likely N-dealkylation sites (N-methyl/N-ethyl adjacent to an activating group) is 1. The van der Waals surface area contributed by atoms with Crippen LogP contribution in [0.5, 0.6) is 0 Å². The van der Waals surface area contributed by atoms with E-state index in [1.54, 1.807) is 0 Å². The van der Waals surface area contributed by atoms with Gasteiger partial charge >= 0.3 is 0 Å². The largest absolute Gasteiger partial charge is 0.355 e. The number of hydrogen-bond acceptors (Lipinski definition) is 4. The third-order valence-corrected chi connectivity index (χ3v) is 2.03. The minimum atomic E-state index is -0.630. The van der Waals surface area contributed by atoms with Crippen molar-refractivity contribution >= 4 is 12.2 Å². The van der Waals surface area contributed by atoms with Gasteiger partial charge in [0, 0.05) is 26.3 Å². The Kier molecular flexibility index (Phi) is 3.85. The molecule has 2 N–H and O–H groups in total. The fraction of sp³-hybridized carbons (Fsp3) is 0.750. The summed E-state index contributed by atoms with van der Waals surface area (Å²) in [7, 11) is 0. The van der Waals surface area contributed by atoms with Crippen molar-refractivity contribution in [1.82, 2.24) is 15.5 Å². The standard InChI is InChI=1S/C8H15N3O2/c1-2-10-8(13)7(5-12)11-4-3-9-6-11/h5,7,9H,2-4,6H2,1H3,(H,10,13). The van der Waals surface area contributed by atoms with Crippen LogP contribution >= 0.6 is 0 Å². The highest BCUT2D eigenvalue weighted by molar-refractivity contribution is 5.95. The molecule has 1 rings (SSSR count). The van der Waals surface area contributed by atoms with Crippen molar-refractivity contribution in [2.24, 2.45) is 0 Å². The first kappa shape index (κ1) is 10.1. The molecule has 13 heavy (non-hydrogen) atoms. The number of carbonyl (C=O) groups excluding carboxylic acids is 2. The van der Waals surface area contributed by atoms with Crippen LogP contribution in [0, 0.1) is 0 Å². The highest BCUT2D eigenvalue weighted by Crippen LogP contribution is 1.99. The molecule has 1 aliphatic heterocycles. The van der Waals surface area contributed by atoms with Gasteiger partial charge in [-0.3, -0.25) is 9.69 Å². The maximum absolute atomic E-state index is 11.3. The van der Waals surface area contributed by atoms with Crippen molar-refractivity contribution in [1.29, 1.82) is 0 Å². The summed E-state index contributed by atoms with van der Waals surface area (Å²) in [4.78, 5) is 23.8. The normalized spacial score (nSPS) is 19.8. The number of carbonyl (C=O) groups is 2. The van der Waals surface area contributed by atoms with E-state index in [9.17, 15) is 9.59 Å². The summed E-state index contributed by atoms with van der Waals surface area (Å²) in [6.07, 6.45) is 0.692. The van der Waals surface area contributed by atoms with E-state index >= 15 is 0 Å². The molecule has 5 nitrogen and oxygen atoms in total. The molecule has 0 saturated carbocycles. The summed E-state index contributed by atoms with van der Waals surface area (Å²) >= 11 is 0. The molecule has 0 aromatic carbocycles. The summed E-state index contributed by atoms with van der Waals surface area (Å²) in [5.41, 5.74) is 0. The van der Waals surface area contributed by atoms with E-state index in [2.05, 4.69) is 10.6 Å². The summed E-state index contributed by atoms with van der Waals surface area (Å²) in [5, 5.41) is 5.70. The Morgan fingerprint density at radius 2 is 2.54 bits per heavy atom. The molecule has 1 unspecified atom stereocenters. The van der Waals surface area contributed by atoms with Gasteiger partial charge < -0.3 is 15.4 Å². The zero-order chi connectivity index (χ0) is 9.68. The number of hydrogen-bond donors (Lipinski definition) is 2. The molecule has 1 fully saturated rings. The van der Waals surface area contributed by atoms with E-state index < -0.39 is 6.04 Å². The van der Waals surface area contributed by atoms with Gasteiger partial charge in [0.25, 0.3) is 0 Å². The molecule has 0 aromatic rings. The van der Waals surface area contributed by atoms with E-state index in [1.807, 2.05) is 11.8 Å². The molecular formula is C8H15N3O2. The van der Waals surface area contributed by atoms with Crippen LogP contribution in [0.25, 0.3) is 0 Å². The maximum Gasteiger partial charge on any atom is 0.244 e. The van der Waals surface area contributed by atoms with Crippen molar-refractivity contribution in [3.63, 3.8) is 0 Å². The Hall–Kier alpha value is -0.940. The molecule has 1 amide bonds. The van der Waals surface area contributed by atoms with Gasteiger partial charge in [0.05, 0.1) is 0 Å². The highest BCUT2D eigenvalue weighted by Gasteiger charge is 2.26. The molecule has 74 valence electrons. The minimum absolute atomic E-state index is 0.207. The molecule has 0 spiro atoms. The Morgan fingerprint density at radius 3 is 3.00 bits per heavy atom. The Morgan fingerprint density at radius 1 is 1.77 bits per heavy atom. The molecule has 1 atom stereocenters. The summed E-state index contributed by atoms with van der Waals surface area (Å²) in [6.45, 7) is 4.59. The lowest BCUT2D eigenvalue weighted by molar-refractivity contribution is -0.130. The van der Waals surface area contributed by atoms with Gasteiger partial charge in [-0.25, -0.2) is 0 Å². The molecule has 1 saturated heterocycles. The van der Waals surface area contributed by atoms with Crippen LogP contribution < -0.4 is 10.6 Å². The first-order chi connectivity index (χ1) is 6.29. The van der Waals surface area contributed by atoms with Crippen molar-refractivity contribution < 1.29 is 9.59 Å². The molecule has 0 radical (unpaired) electrons. The summed E-state index contributed by atoms with van der Waals surface area (Å²) < 4.78 is 0. The first-order valence-corrected chi connectivity index (χ1v) is 4.47. The number of nitrogens with one attached hydrogen (secondary N) is 2. The minimum Gasteiger partial charge on any atom is -0.355 e. The Labute approximate surface area is 77.5 Å². The number of nitrogens with zero attached hydrogens (tertiary/aromatic N) is 1. The average Bonchev–Trinajstić information content (AvgIpc) is 2.59. The van der Waals surface area contributed by atoms with Gasteiger partial charge in [0.15, 0.2) is 0 Å². The molecule has 1 heterocycles. The molecule has 1 aliphatic rings. The number of rotatable bonds is 4. The lowest BCUT2D eigenvalue weighted by Crippen LogP contribution is -2.47. The van der Waals surface area contributed by atoms with Crippen LogP contribution in [0.4, 0.5) is 0 Å². The third kappa shape index (κ3) is 2.50. The second kappa shape index (κ2) is 4.94. The third-order valence-electron chi connectivity index (χ3n) is 2.03. The molecular weight excluding hydrogens is 170 g/mol. The molecule has 0 aliphatic carbocycles. The monoisotopic (exact) mass is 185 g/mol. The molecule has 5 heteroatoms. The first-order valence-electron chi connectivity index (χ1n) is 4.47. The fourth-order valence-electron chi connectivity index (χ4n) is 1.35. The van der Waals surface area contributed by atoms with Gasteiger partial charge in [-0.1, -0.05) is 0 Å². The van der Waals surface area contributed by atoms with Crippen molar-refractivity contribution in [3.8, 4) is 0 Å². The molecule has 0 aromatic heterocycles. The van der Waals surface area contributed by atoms with Crippen LogP contribution in [0.2, 0.25) is 0 Å². The second-order valence-electron chi connectivity index (χ2n) is 2.95. The second-order valence-corrected chi connectivity index (χ2v) is 2.95. The van der Waals surface area contributed by atoms with Crippen molar-refractivity contribution in [3.05, 3.63) is 0 Å². The van der Waals surface area contributed by atoms with Gasteiger partial charge in [-0.2, -0.15) is 0 Å². The van der Waals surface area contributed by atoms with Gasteiger partial charge in [0.2, 0.25) is 5.91 Å². The zero-order valence-corrected chi connectivity index (χ0v) is 7.75. The predicted octanol–water partition coefficient (Wildman–Crippen LogP) is -1.45. The maximum atomic E-state index is 11.3. The predicted molar refractivity (Wildman–Crippen MR) is 48.1 cm³/mol. The van der Waals surface area contributed by atoms with E-state index in [4.69, 9.17) is 0 Å². The highest BCUT2D eigenvalue weighted by atomic mass is 16.2. The van der Waals surface area contributed by atoms with E-state index in [-0.39, 0.29) is 5.91 Å². The average molecular weight is 185 g/mol. The van der Waals surface area contributed by atoms with Crippen molar-refractivity contribution in [2.75, 3.05) is 26.3 Å². The van der Waals surface area contributed by atoms with Crippen LogP contribution in [0.1, 0.15) is 6.92 Å².